The first-order valence-corrected chi connectivity index (χ1v) is 3.77. The Morgan fingerprint density at radius 1 is 1.46 bits per heavy atom. The number of hydrogen-bond donors (Lipinski definition) is 1. The molecular weight excluding hydrogens is 168 g/mol. The minimum atomic E-state index is 0.605. The summed E-state index contributed by atoms with van der Waals surface area (Å²) in [5.41, 5.74) is 6.82. The van der Waals surface area contributed by atoms with Crippen molar-refractivity contribution in [1.82, 2.24) is 9.90 Å². The highest BCUT2D eigenvalue weighted by Crippen LogP contribution is 2.08. The smallest absolute Gasteiger partial charge is 0.207 e. The Hall–Kier alpha value is -2.04. The third-order valence-electron chi connectivity index (χ3n) is 1.66. The van der Waals surface area contributed by atoms with Crippen LogP contribution in [0.4, 0.5) is 5.69 Å². The summed E-state index contributed by atoms with van der Waals surface area (Å²) in [5.74, 6) is 0. The Labute approximate surface area is 74.6 Å². The molecule has 0 fully saturated rings. The van der Waals surface area contributed by atoms with Crippen LogP contribution in [0.5, 0.6) is 0 Å². The van der Waals surface area contributed by atoms with E-state index in [1.165, 1.54) is 17.2 Å². The van der Waals surface area contributed by atoms with Gasteiger partial charge in [0.25, 0.3) is 0 Å². The topological polar surface area (TPSA) is 70.8 Å². The number of nitrogens with zero attached hydrogens (tertiary/aromatic N) is 3. The molecular formula is C8H8N4O. The zero-order chi connectivity index (χ0) is 9.26. The van der Waals surface area contributed by atoms with Gasteiger partial charge >= 0.3 is 0 Å². The summed E-state index contributed by atoms with van der Waals surface area (Å²) >= 11 is 0. The molecule has 0 radical (unpaired) electrons. The van der Waals surface area contributed by atoms with Crippen LogP contribution in [0.2, 0.25) is 0 Å². The van der Waals surface area contributed by atoms with Gasteiger partial charge in [-0.25, -0.2) is 0 Å². The molecule has 2 aromatic rings. The first kappa shape index (κ1) is 7.60. The molecule has 2 rings (SSSR count). The zero-order valence-corrected chi connectivity index (χ0v) is 6.79. The maximum atomic E-state index is 11.1. The van der Waals surface area contributed by atoms with Crippen LogP contribution in [0.25, 0.3) is 5.69 Å². The molecule has 0 aliphatic rings. The van der Waals surface area contributed by atoms with Crippen LogP contribution in [-0.4, -0.2) is 9.90 Å². The van der Waals surface area contributed by atoms with E-state index in [1.54, 1.807) is 24.3 Å². The third-order valence-corrected chi connectivity index (χ3v) is 1.66. The van der Waals surface area contributed by atoms with Crippen LogP contribution in [0.1, 0.15) is 0 Å². The van der Waals surface area contributed by atoms with Gasteiger partial charge in [0.15, 0.2) is 6.20 Å². The molecule has 1 heterocycles. The monoisotopic (exact) mass is 176 g/mol. The second-order valence-corrected chi connectivity index (χ2v) is 2.60. The average molecular weight is 176 g/mol. The zero-order valence-electron chi connectivity index (χ0n) is 6.79. The molecule has 5 nitrogen and oxygen atoms in total. The largest absolute Gasteiger partial charge is 0.692 e. The van der Waals surface area contributed by atoms with Gasteiger partial charge in [0.05, 0.1) is 0 Å². The highest BCUT2D eigenvalue weighted by Gasteiger charge is 2.05. The lowest BCUT2D eigenvalue weighted by atomic mass is 10.3. The molecule has 1 aromatic carbocycles. The van der Waals surface area contributed by atoms with Gasteiger partial charge in [-0.3, -0.25) is 0 Å². The molecule has 1 aromatic heterocycles. The van der Waals surface area contributed by atoms with Gasteiger partial charge in [-0.15, -0.1) is 0 Å². The van der Waals surface area contributed by atoms with Gasteiger partial charge in [0.1, 0.15) is 5.69 Å². The van der Waals surface area contributed by atoms with E-state index in [2.05, 4.69) is 5.10 Å². The second-order valence-electron chi connectivity index (χ2n) is 2.60. The van der Waals surface area contributed by atoms with Gasteiger partial charge in [-0.05, 0) is 23.0 Å². The van der Waals surface area contributed by atoms with E-state index in [0.717, 1.165) is 0 Å². The molecule has 0 saturated carbocycles. The summed E-state index contributed by atoms with van der Waals surface area (Å²) in [6.45, 7) is 0. The van der Waals surface area contributed by atoms with Crippen LogP contribution in [0.3, 0.4) is 0 Å². The van der Waals surface area contributed by atoms with Crippen molar-refractivity contribution < 1.29 is 4.85 Å². The van der Waals surface area contributed by atoms with Crippen molar-refractivity contribution in [3.8, 4) is 5.69 Å². The Morgan fingerprint density at radius 3 is 2.92 bits per heavy atom. The normalized spacial score (nSPS) is 10.2. The van der Waals surface area contributed by atoms with Crippen LogP contribution in [0.15, 0.2) is 36.7 Å². The van der Waals surface area contributed by atoms with Gasteiger partial charge < -0.3 is 10.9 Å². The van der Waals surface area contributed by atoms with Crippen molar-refractivity contribution in [3.63, 3.8) is 0 Å². The van der Waals surface area contributed by atoms with Gasteiger partial charge in [0, 0.05) is 10.8 Å². The molecule has 0 atom stereocenters. The predicted molar refractivity (Wildman–Crippen MR) is 46.9 cm³/mol. The fourth-order valence-electron chi connectivity index (χ4n) is 1.09. The Kier molecular flexibility index (Phi) is 1.63. The van der Waals surface area contributed by atoms with Crippen LogP contribution in [-0.2, 0) is 0 Å². The van der Waals surface area contributed by atoms with Crippen molar-refractivity contribution >= 4 is 5.69 Å². The molecule has 2 N–H and O–H groups in total. The molecule has 5 heteroatoms. The minimum absolute atomic E-state index is 0.605. The molecule has 13 heavy (non-hydrogen) atoms. The van der Waals surface area contributed by atoms with E-state index in [4.69, 9.17) is 5.73 Å². The number of hydrogen-bond acceptors (Lipinski definition) is 3. The number of anilines is 1. The molecule has 0 aliphatic carbocycles. The number of aromatic nitrogens is 3. The average Bonchev–Trinajstić information content (AvgIpc) is 2.51. The van der Waals surface area contributed by atoms with E-state index in [1.807, 2.05) is 0 Å². The maximum absolute atomic E-state index is 11.1. The quantitative estimate of drug-likeness (QED) is 0.380. The lowest BCUT2D eigenvalue weighted by Gasteiger charge is -2.02. The van der Waals surface area contributed by atoms with E-state index in [0.29, 0.717) is 16.2 Å². The highest BCUT2D eigenvalue weighted by molar-refractivity contribution is 5.46. The Morgan fingerprint density at radius 2 is 2.31 bits per heavy atom. The standard InChI is InChI=1S/C8H8N4O/c9-7-2-1-3-8(6-7)12-10-4-5-11(12)13/h1-6H,9H2. The number of benzene rings is 1. The summed E-state index contributed by atoms with van der Waals surface area (Å²) < 4.78 is 0. The first-order chi connectivity index (χ1) is 6.27. The summed E-state index contributed by atoms with van der Waals surface area (Å²) in [5, 5.41) is 14.9. The number of nitrogen functional groups attached to an aromatic ring is 1. The summed E-state index contributed by atoms with van der Waals surface area (Å²) in [4.78, 5) is 1.85. The van der Waals surface area contributed by atoms with Crippen LogP contribution >= 0.6 is 0 Å². The predicted octanol–water partition coefficient (Wildman–Crippen LogP) is 0.0879. The Balaban J connectivity index is 2.53. The lowest BCUT2D eigenvalue weighted by molar-refractivity contribution is -0.688. The van der Waals surface area contributed by atoms with Crippen LogP contribution in [0, 0.1) is 5.21 Å². The van der Waals surface area contributed by atoms with Crippen molar-refractivity contribution in [2.24, 2.45) is 0 Å². The van der Waals surface area contributed by atoms with Crippen molar-refractivity contribution in [3.05, 3.63) is 41.9 Å². The molecule has 0 bridgehead atoms. The maximum Gasteiger partial charge on any atom is 0.207 e. The van der Waals surface area contributed by atoms with Gasteiger partial charge in [0.2, 0.25) is 6.20 Å². The molecule has 0 amide bonds. The van der Waals surface area contributed by atoms with Crippen molar-refractivity contribution in [2.75, 3.05) is 5.73 Å². The van der Waals surface area contributed by atoms with E-state index in [-0.39, 0.29) is 0 Å². The molecule has 0 spiro atoms. The van der Waals surface area contributed by atoms with Gasteiger partial charge in [-0.2, -0.15) is 4.85 Å². The summed E-state index contributed by atoms with van der Waals surface area (Å²) in [7, 11) is 0. The minimum Gasteiger partial charge on any atom is -0.692 e. The fraction of sp³-hybridized carbons (Fsp3) is 0. The number of rotatable bonds is 1. The Bertz CT molecular complexity index is 424. The summed E-state index contributed by atoms with van der Waals surface area (Å²) in [6.07, 6.45) is 2.75. The lowest BCUT2D eigenvalue weighted by Crippen LogP contribution is -2.36. The highest BCUT2D eigenvalue weighted by atomic mass is 16.5. The molecule has 0 unspecified atom stereocenters. The van der Waals surface area contributed by atoms with E-state index >= 15 is 0 Å². The SMILES string of the molecule is Nc1cccc(-n2ncc[n+]2[O-])c1. The fourth-order valence-corrected chi connectivity index (χ4v) is 1.09. The van der Waals surface area contributed by atoms with Crippen molar-refractivity contribution in [2.45, 2.75) is 0 Å². The molecule has 0 saturated heterocycles. The molecule has 0 aliphatic heterocycles. The second kappa shape index (κ2) is 2.78. The van der Waals surface area contributed by atoms with E-state index < -0.39 is 0 Å². The van der Waals surface area contributed by atoms with Crippen molar-refractivity contribution in [1.29, 1.82) is 0 Å². The van der Waals surface area contributed by atoms with Gasteiger partial charge in [-0.1, -0.05) is 6.07 Å². The van der Waals surface area contributed by atoms with Crippen LogP contribution < -0.4 is 10.6 Å². The van der Waals surface area contributed by atoms with E-state index in [9.17, 15) is 5.21 Å². The summed E-state index contributed by atoms with van der Waals surface area (Å²) in [6, 6.07) is 6.97. The number of nitrogens with two attached hydrogens (primary N) is 1. The first-order valence-electron chi connectivity index (χ1n) is 3.77. The third kappa shape index (κ3) is 1.31. The molecule has 66 valence electrons.